The van der Waals surface area contributed by atoms with Gasteiger partial charge in [-0.05, 0) is 30.4 Å². The van der Waals surface area contributed by atoms with Crippen molar-refractivity contribution in [3.05, 3.63) is 52.2 Å². The van der Waals surface area contributed by atoms with Gasteiger partial charge >= 0.3 is 0 Å². The third kappa shape index (κ3) is 2.88. The molecule has 3 heterocycles. The van der Waals surface area contributed by atoms with Crippen LogP contribution in [0.2, 0.25) is 0 Å². The van der Waals surface area contributed by atoms with Crippen LogP contribution in [0.3, 0.4) is 0 Å². The first-order valence-electron chi connectivity index (χ1n) is 8.92. The molecule has 1 N–H and O–H groups in total. The largest absolute Gasteiger partial charge is 0.480 e. The monoisotopic (exact) mass is 370 g/mol. The van der Waals surface area contributed by atoms with Gasteiger partial charge in [-0.3, -0.25) is 9.59 Å². The third-order valence-electron chi connectivity index (χ3n) is 5.62. The number of amides is 2. The molecule has 1 atom stereocenters. The molecular formula is C20H22N2O3S. The number of hydrogen-bond acceptors (Lipinski definition) is 4. The minimum Gasteiger partial charge on any atom is -0.480 e. The molecule has 6 heteroatoms. The van der Waals surface area contributed by atoms with Crippen molar-refractivity contribution in [3.63, 3.8) is 0 Å². The molecule has 1 aromatic carbocycles. The van der Waals surface area contributed by atoms with Gasteiger partial charge in [-0.15, -0.1) is 0 Å². The maximum absolute atomic E-state index is 12.6. The van der Waals surface area contributed by atoms with E-state index in [1.807, 2.05) is 39.9 Å². The molecule has 0 aliphatic carbocycles. The van der Waals surface area contributed by atoms with Crippen molar-refractivity contribution in [1.82, 2.24) is 10.2 Å². The summed E-state index contributed by atoms with van der Waals surface area (Å²) in [6.45, 7) is 1.40. The second-order valence-corrected chi connectivity index (χ2v) is 7.79. The molecule has 2 aromatic rings. The Morgan fingerprint density at radius 2 is 2.00 bits per heavy atom. The zero-order valence-electron chi connectivity index (χ0n) is 14.7. The van der Waals surface area contributed by atoms with Crippen molar-refractivity contribution in [2.45, 2.75) is 30.8 Å². The summed E-state index contributed by atoms with van der Waals surface area (Å²) < 4.78 is 5.95. The average molecular weight is 370 g/mol. The summed E-state index contributed by atoms with van der Waals surface area (Å²) in [7, 11) is 1.64. The fourth-order valence-corrected chi connectivity index (χ4v) is 4.78. The Morgan fingerprint density at radius 3 is 2.69 bits per heavy atom. The van der Waals surface area contributed by atoms with Gasteiger partial charge in [-0.1, -0.05) is 18.2 Å². The minimum atomic E-state index is -0.478. The lowest BCUT2D eigenvalue weighted by atomic mass is 9.67. The normalized spacial score (nSPS) is 21.0. The number of likely N-dealkylation sites (N-methyl/N-ethyl adjacent to an activating group) is 1. The number of ether oxygens (including phenoxy) is 1. The van der Waals surface area contributed by atoms with E-state index >= 15 is 0 Å². The lowest BCUT2D eigenvalue weighted by Crippen LogP contribution is -2.51. The van der Waals surface area contributed by atoms with E-state index in [9.17, 15) is 9.59 Å². The van der Waals surface area contributed by atoms with Gasteiger partial charge in [0.2, 0.25) is 0 Å². The van der Waals surface area contributed by atoms with Crippen LogP contribution in [-0.4, -0.2) is 43.0 Å². The van der Waals surface area contributed by atoms with Crippen molar-refractivity contribution >= 4 is 23.2 Å². The van der Waals surface area contributed by atoms with E-state index in [0.29, 0.717) is 19.5 Å². The summed E-state index contributed by atoms with van der Waals surface area (Å²) >= 11 is 1.54. The Bertz CT molecular complexity index is 810. The third-order valence-corrected chi connectivity index (χ3v) is 6.30. The number of piperidine rings is 1. The second-order valence-electron chi connectivity index (χ2n) is 7.01. The maximum atomic E-state index is 12.6. The van der Waals surface area contributed by atoms with E-state index in [4.69, 9.17) is 4.74 Å². The molecule has 1 aromatic heterocycles. The van der Waals surface area contributed by atoms with Crippen molar-refractivity contribution in [2.75, 3.05) is 20.1 Å². The summed E-state index contributed by atoms with van der Waals surface area (Å²) in [4.78, 5) is 26.8. The van der Waals surface area contributed by atoms with E-state index in [1.54, 1.807) is 18.4 Å². The molecule has 4 rings (SSSR count). The predicted octanol–water partition coefficient (Wildman–Crippen LogP) is 2.82. The molecule has 5 nitrogen and oxygen atoms in total. The SMILES string of the molecule is CNC(=O)C1CC2(CCN(C(=O)c3ccsc3)CC2)c2ccccc2O1. The molecular weight excluding hydrogens is 348 g/mol. The molecule has 2 amide bonds. The number of thiophene rings is 1. The average Bonchev–Trinajstić information content (AvgIpc) is 3.22. The van der Waals surface area contributed by atoms with Crippen LogP contribution < -0.4 is 10.1 Å². The van der Waals surface area contributed by atoms with E-state index in [1.165, 1.54) is 5.56 Å². The van der Waals surface area contributed by atoms with Gasteiger partial charge in [0.05, 0.1) is 5.56 Å². The van der Waals surface area contributed by atoms with E-state index < -0.39 is 6.10 Å². The van der Waals surface area contributed by atoms with Crippen LogP contribution >= 0.6 is 11.3 Å². The zero-order valence-corrected chi connectivity index (χ0v) is 15.6. The Balaban J connectivity index is 1.58. The molecule has 26 heavy (non-hydrogen) atoms. The number of nitrogens with zero attached hydrogens (tertiary/aromatic N) is 1. The van der Waals surface area contributed by atoms with Crippen LogP contribution in [-0.2, 0) is 10.2 Å². The number of benzene rings is 1. The van der Waals surface area contributed by atoms with Crippen LogP contribution in [0, 0.1) is 0 Å². The fraction of sp³-hybridized carbons (Fsp3) is 0.400. The summed E-state index contributed by atoms with van der Waals surface area (Å²) in [5.74, 6) is 0.810. The highest BCUT2D eigenvalue weighted by molar-refractivity contribution is 7.08. The smallest absolute Gasteiger partial charge is 0.260 e. The fourth-order valence-electron chi connectivity index (χ4n) is 4.15. The number of carbonyl (C=O) groups is 2. The van der Waals surface area contributed by atoms with Gasteiger partial charge < -0.3 is 15.0 Å². The summed E-state index contributed by atoms with van der Waals surface area (Å²) in [5.41, 5.74) is 1.82. The number of nitrogens with one attached hydrogen (secondary N) is 1. The van der Waals surface area contributed by atoms with E-state index in [0.717, 1.165) is 24.2 Å². The number of carbonyl (C=O) groups excluding carboxylic acids is 2. The number of fused-ring (bicyclic) bond motifs is 2. The Hall–Kier alpha value is -2.34. The molecule has 2 aliphatic rings. The van der Waals surface area contributed by atoms with Crippen molar-refractivity contribution < 1.29 is 14.3 Å². The molecule has 1 unspecified atom stereocenters. The van der Waals surface area contributed by atoms with E-state index in [-0.39, 0.29) is 17.2 Å². The van der Waals surface area contributed by atoms with Crippen LogP contribution in [0.15, 0.2) is 41.1 Å². The van der Waals surface area contributed by atoms with Crippen LogP contribution in [0.5, 0.6) is 5.75 Å². The van der Waals surface area contributed by atoms with Gasteiger partial charge in [0.15, 0.2) is 6.10 Å². The number of rotatable bonds is 2. The van der Waals surface area contributed by atoms with Gasteiger partial charge in [0.1, 0.15) is 5.75 Å². The lowest BCUT2D eigenvalue weighted by molar-refractivity contribution is -0.129. The van der Waals surface area contributed by atoms with Gasteiger partial charge in [-0.2, -0.15) is 11.3 Å². The predicted molar refractivity (Wildman–Crippen MR) is 101 cm³/mol. The molecule has 1 spiro atoms. The Labute approximate surface area is 157 Å². The summed E-state index contributed by atoms with van der Waals surface area (Å²) in [6.07, 6.45) is 1.87. The second kappa shape index (κ2) is 6.76. The molecule has 136 valence electrons. The van der Waals surface area contributed by atoms with Crippen LogP contribution in [0.4, 0.5) is 0 Å². The number of hydrogen-bond donors (Lipinski definition) is 1. The van der Waals surface area contributed by atoms with Crippen molar-refractivity contribution in [3.8, 4) is 5.75 Å². The zero-order chi connectivity index (χ0) is 18.1. The number of para-hydroxylation sites is 1. The topological polar surface area (TPSA) is 58.6 Å². The summed E-state index contributed by atoms with van der Waals surface area (Å²) in [6, 6.07) is 9.88. The van der Waals surface area contributed by atoms with Crippen LogP contribution in [0.25, 0.3) is 0 Å². The standard InChI is InChI=1S/C20H22N2O3S/c1-21-18(23)17-12-20(15-4-2-3-5-16(15)25-17)7-9-22(10-8-20)19(24)14-6-11-26-13-14/h2-6,11,13,17H,7-10,12H2,1H3,(H,21,23). The molecule has 2 aliphatic heterocycles. The van der Waals surface area contributed by atoms with Crippen molar-refractivity contribution in [1.29, 1.82) is 0 Å². The van der Waals surface area contributed by atoms with Crippen molar-refractivity contribution in [2.24, 2.45) is 0 Å². The van der Waals surface area contributed by atoms with Gasteiger partial charge in [0, 0.05) is 42.9 Å². The summed E-state index contributed by atoms with van der Waals surface area (Å²) in [5, 5.41) is 6.54. The molecule has 0 saturated carbocycles. The van der Waals surface area contributed by atoms with Crippen LogP contribution in [0.1, 0.15) is 35.2 Å². The highest BCUT2D eigenvalue weighted by Crippen LogP contribution is 2.47. The highest BCUT2D eigenvalue weighted by Gasteiger charge is 2.46. The first-order chi connectivity index (χ1) is 12.6. The molecule has 0 bridgehead atoms. The first kappa shape index (κ1) is 17.1. The maximum Gasteiger partial charge on any atom is 0.260 e. The Kier molecular flexibility index (Phi) is 4.44. The highest BCUT2D eigenvalue weighted by atomic mass is 32.1. The van der Waals surface area contributed by atoms with E-state index in [2.05, 4.69) is 11.4 Å². The number of likely N-dealkylation sites (tertiary alicyclic amines) is 1. The first-order valence-corrected chi connectivity index (χ1v) is 9.86. The minimum absolute atomic E-state index is 0.0874. The quantitative estimate of drug-likeness (QED) is 0.884. The lowest BCUT2D eigenvalue weighted by Gasteiger charge is -2.46. The molecule has 0 radical (unpaired) electrons. The molecule has 1 fully saturated rings. The van der Waals surface area contributed by atoms with Gasteiger partial charge in [0.25, 0.3) is 11.8 Å². The molecule has 1 saturated heterocycles. The Morgan fingerprint density at radius 1 is 1.23 bits per heavy atom. The van der Waals surface area contributed by atoms with Gasteiger partial charge in [-0.25, -0.2) is 0 Å².